The van der Waals surface area contributed by atoms with Crippen LogP contribution < -0.4 is 5.30 Å². The second kappa shape index (κ2) is 8.10. The summed E-state index contributed by atoms with van der Waals surface area (Å²) in [4.78, 5) is 0. The van der Waals surface area contributed by atoms with Crippen molar-refractivity contribution >= 4 is 13.2 Å². The molecule has 0 radical (unpaired) electrons. The molecule has 0 nitrogen and oxygen atoms in total. The van der Waals surface area contributed by atoms with Gasteiger partial charge in [-0.3, -0.25) is 0 Å². The van der Waals surface area contributed by atoms with Crippen LogP contribution >= 0.6 is 7.92 Å². The number of halogens is 10. The third-order valence-corrected chi connectivity index (χ3v) is 6.00. The quantitative estimate of drug-likeness (QED) is 0.167. The fourth-order valence-electron chi connectivity index (χ4n) is 2.07. The van der Waals surface area contributed by atoms with E-state index in [1.54, 1.807) is 6.92 Å². The molecular weight excluding hydrogens is 389 g/mol. The van der Waals surface area contributed by atoms with Crippen molar-refractivity contribution < 1.29 is 43.9 Å². The van der Waals surface area contributed by atoms with E-state index in [2.05, 4.69) is 0 Å². The Labute approximate surface area is 138 Å². The molecule has 0 saturated carbocycles. The standard InChI is InChI=1S/C14H13F10P/c1-2-3-4-5-6-25(14(23,24)13(20,21)22)12-10(18)8(16)7(15)9(17)11(12)19/h2-6H2,1H3. The van der Waals surface area contributed by atoms with Gasteiger partial charge in [0.15, 0.2) is 23.3 Å². The van der Waals surface area contributed by atoms with Gasteiger partial charge >= 0.3 is 11.8 Å². The molecule has 1 rings (SSSR count). The third-order valence-electron chi connectivity index (χ3n) is 3.37. The highest BCUT2D eigenvalue weighted by molar-refractivity contribution is 7.66. The lowest BCUT2D eigenvalue weighted by Gasteiger charge is -2.30. The molecule has 0 aliphatic carbocycles. The lowest BCUT2D eigenvalue weighted by atomic mass is 10.2. The molecule has 0 saturated heterocycles. The van der Waals surface area contributed by atoms with Crippen molar-refractivity contribution in [3.05, 3.63) is 29.1 Å². The summed E-state index contributed by atoms with van der Waals surface area (Å²) in [7, 11) is -4.05. The molecule has 1 aromatic rings. The molecule has 0 spiro atoms. The van der Waals surface area contributed by atoms with E-state index in [0.29, 0.717) is 12.8 Å². The lowest BCUT2D eigenvalue weighted by molar-refractivity contribution is -0.240. The highest BCUT2D eigenvalue weighted by Gasteiger charge is 2.63. The average Bonchev–Trinajstić information content (AvgIpc) is 2.52. The maximum Gasteiger partial charge on any atom is 0.457 e. The van der Waals surface area contributed by atoms with Crippen molar-refractivity contribution in [3.63, 3.8) is 0 Å². The van der Waals surface area contributed by atoms with Gasteiger partial charge in [-0.25, -0.2) is 22.0 Å². The minimum absolute atomic E-state index is 0.179. The van der Waals surface area contributed by atoms with Gasteiger partial charge in [-0.15, -0.1) is 0 Å². The molecule has 0 fully saturated rings. The molecule has 0 heterocycles. The van der Waals surface area contributed by atoms with Gasteiger partial charge in [0.05, 0.1) is 5.30 Å². The van der Waals surface area contributed by atoms with Crippen molar-refractivity contribution in [2.45, 2.75) is 44.4 Å². The summed E-state index contributed by atoms with van der Waals surface area (Å²) in [5, 5.41) is -2.08. The van der Waals surface area contributed by atoms with Crippen molar-refractivity contribution in [2.24, 2.45) is 0 Å². The van der Waals surface area contributed by atoms with E-state index in [-0.39, 0.29) is 12.8 Å². The normalized spacial score (nSPS) is 14.0. The van der Waals surface area contributed by atoms with Crippen LogP contribution in [0.2, 0.25) is 0 Å². The smallest absolute Gasteiger partial charge is 0.203 e. The summed E-state index contributed by atoms with van der Waals surface area (Å²) in [6.45, 7) is 1.72. The molecule has 0 aliphatic heterocycles. The van der Waals surface area contributed by atoms with Gasteiger partial charge in [-0.1, -0.05) is 26.2 Å². The summed E-state index contributed by atoms with van der Waals surface area (Å²) < 4.78 is 132. The van der Waals surface area contributed by atoms with E-state index >= 15 is 0 Å². The minimum atomic E-state index is -6.19. The van der Waals surface area contributed by atoms with Crippen LogP contribution in [0.25, 0.3) is 0 Å². The zero-order valence-corrected chi connectivity index (χ0v) is 13.7. The van der Waals surface area contributed by atoms with E-state index in [1.807, 2.05) is 0 Å². The first kappa shape index (κ1) is 22.0. The predicted octanol–water partition coefficient (Wildman–Crippen LogP) is 6.22. The Kier molecular flexibility index (Phi) is 7.12. The fourth-order valence-corrected chi connectivity index (χ4v) is 4.37. The maximum absolute atomic E-state index is 13.7. The summed E-state index contributed by atoms with van der Waals surface area (Å²) in [6.07, 6.45) is -6.26. The Bertz CT molecular complexity index is 582. The van der Waals surface area contributed by atoms with E-state index in [9.17, 15) is 43.9 Å². The summed E-state index contributed by atoms with van der Waals surface area (Å²) in [5.41, 5.74) is -5.60. The van der Waals surface area contributed by atoms with E-state index in [0.717, 1.165) is 0 Å². The molecule has 11 heteroatoms. The Morgan fingerprint density at radius 3 is 1.52 bits per heavy atom. The first-order valence-electron chi connectivity index (χ1n) is 7.11. The predicted molar refractivity (Wildman–Crippen MR) is 72.8 cm³/mol. The molecule has 1 aromatic carbocycles. The topological polar surface area (TPSA) is 0 Å². The Hall–Kier alpha value is -1.05. The highest BCUT2D eigenvalue weighted by Crippen LogP contribution is 2.60. The Balaban J connectivity index is 3.48. The number of rotatable bonds is 7. The summed E-state index contributed by atoms with van der Waals surface area (Å²) in [5.74, 6) is -13.0. The van der Waals surface area contributed by atoms with E-state index in [4.69, 9.17) is 0 Å². The maximum atomic E-state index is 13.7. The zero-order chi connectivity index (χ0) is 19.6. The number of alkyl halides is 5. The summed E-state index contributed by atoms with van der Waals surface area (Å²) in [6, 6.07) is 0. The number of hydrogen-bond acceptors (Lipinski definition) is 0. The minimum Gasteiger partial charge on any atom is -0.203 e. The number of hydrogen-bond donors (Lipinski definition) is 0. The lowest BCUT2D eigenvalue weighted by Crippen LogP contribution is -2.40. The van der Waals surface area contributed by atoms with Crippen LogP contribution in [-0.2, 0) is 0 Å². The molecule has 0 N–H and O–H groups in total. The number of benzene rings is 1. The largest absolute Gasteiger partial charge is 0.457 e. The van der Waals surface area contributed by atoms with Crippen molar-refractivity contribution in [1.29, 1.82) is 0 Å². The van der Waals surface area contributed by atoms with Crippen LogP contribution in [0.1, 0.15) is 32.6 Å². The van der Waals surface area contributed by atoms with Crippen LogP contribution in [0.15, 0.2) is 0 Å². The van der Waals surface area contributed by atoms with Crippen LogP contribution in [0.4, 0.5) is 43.9 Å². The van der Waals surface area contributed by atoms with Crippen LogP contribution in [0, 0.1) is 29.1 Å². The monoisotopic (exact) mass is 402 g/mol. The molecule has 0 bridgehead atoms. The van der Waals surface area contributed by atoms with E-state index in [1.165, 1.54) is 0 Å². The first-order chi connectivity index (χ1) is 11.4. The Morgan fingerprint density at radius 1 is 0.680 bits per heavy atom. The fraction of sp³-hybridized carbons (Fsp3) is 0.571. The molecule has 0 aliphatic rings. The number of unbranched alkanes of at least 4 members (excludes halogenated alkanes) is 3. The first-order valence-corrected chi connectivity index (χ1v) is 8.64. The molecule has 1 unspecified atom stereocenters. The van der Waals surface area contributed by atoms with Gasteiger partial charge in [0.1, 0.15) is 0 Å². The van der Waals surface area contributed by atoms with Crippen LogP contribution in [0.5, 0.6) is 0 Å². The van der Waals surface area contributed by atoms with Gasteiger partial charge in [0, 0.05) is 7.92 Å². The van der Waals surface area contributed by atoms with Gasteiger partial charge in [0.2, 0.25) is 5.82 Å². The van der Waals surface area contributed by atoms with E-state index < -0.39 is 60.3 Å². The van der Waals surface area contributed by atoms with Crippen molar-refractivity contribution in [1.82, 2.24) is 0 Å². The molecule has 1 atom stereocenters. The third kappa shape index (κ3) is 4.38. The Morgan fingerprint density at radius 2 is 1.12 bits per heavy atom. The van der Waals surface area contributed by atoms with Gasteiger partial charge in [-0.05, 0) is 12.6 Å². The molecule has 144 valence electrons. The molecule has 25 heavy (non-hydrogen) atoms. The van der Waals surface area contributed by atoms with Crippen molar-refractivity contribution in [2.75, 3.05) is 6.16 Å². The zero-order valence-electron chi connectivity index (χ0n) is 12.8. The SMILES string of the molecule is CCCCCCP(c1c(F)c(F)c(F)c(F)c1F)C(F)(F)C(F)(F)F. The summed E-state index contributed by atoms with van der Waals surface area (Å²) >= 11 is 0. The van der Waals surface area contributed by atoms with Crippen LogP contribution in [0.3, 0.4) is 0 Å². The molecule has 0 aromatic heterocycles. The van der Waals surface area contributed by atoms with Crippen molar-refractivity contribution in [3.8, 4) is 0 Å². The second-order valence-corrected chi connectivity index (χ2v) is 7.48. The average molecular weight is 402 g/mol. The van der Waals surface area contributed by atoms with Gasteiger partial charge in [0.25, 0.3) is 0 Å². The highest BCUT2D eigenvalue weighted by atomic mass is 31.1. The van der Waals surface area contributed by atoms with Gasteiger partial charge < -0.3 is 0 Å². The molecular formula is C14H13F10P. The molecule has 0 amide bonds. The van der Waals surface area contributed by atoms with Gasteiger partial charge in [-0.2, -0.15) is 22.0 Å². The van der Waals surface area contributed by atoms with Crippen LogP contribution in [-0.4, -0.2) is 18.0 Å². The second-order valence-electron chi connectivity index (χ2n) is 5.17.